The molecule has 0 radical (unpaired) electrons. The fraction of sp³-hybridized carbons (Fsp3) is 0.440. The van der Waals surface area contributed by atoms with Crippen LogP contribution in [-0.4, -0.2) is 14.8 Å². The normalized spacial score (nSPS) is 30.7. The highest BCUT2D eigenvalue weighted by Crippen LogP contribution is 2.59. The van der Waals surface area contributed by atoms with Crippen molar-refractivity contribution in [2.24, 2.45) is 23.7 Å². The van der Waals surface area contributed by atoms with Gasteiger partial charge < -0.3 is 4.57 Å². The highest BCUT2D eigenvalue weighted by molar-refractivity contribution is 5.65. The quantitative estimate of drug-likeness (QED) is 0.574. The van der Waals surface area contributed by atoms with Crippen LogP contribution in [0.4, 0.5) is 0 Å². The van der Waals surface area contributed by atoms with Crippen molar-refractivity contribution in [2.45, 2.75) is 45.1 Å². The van der Waals surface area contributed by atoms with E-state index >= 15 is 0 Å². The topological polar surface area (TPSA) is 30.7 Å². The molecule has 3 nitrogen and oxygen atoms in total. The minimum Gasteiger partial charge on any atom is -0.303 e. The Morgan fingerprint density at radius 2 is 1.32 bits per heavy atom. The third-order valence-electron chi connectivity index (χ3n) is 7.59. The molecule has 4 aliphatic carbocycles. The highest BCUT2D eigenvalue weighted by Gasteiger charge is 2.50. The average molecular weight is 370 g/mol. The summed E-state index contributed by atoms with van der Waals surface area (Å²) >= 11 is 0. The van der Waals surface area contributed by atoms with Gasteiger partial charge in [0.05, 0.1) is 0 Å². The summed E-state index contributed by atoms with van der Waals surface area (Å²) in [5.74, 6) is 5.63. The Bertz CT molecular complexity index is 976. The van der Waals surface area contributed by atoms with Gasteiger partial charge in [-0.3, -0.25) is 0 Å². The predicted octanol–water partition coefficient (Wildman–Crippen LogP) is 5.92. The monoisotopic (exact) mass is 369 g/mol. The molecule has 28 heavy (non-hydrogen) atoms. The second-order valence-electron chi connectivity index (χ2n) is 9.32. The van der Waals surface area contributed by atoms with E-state index < -0.39 is 0 Å². The zero-order valence-electron chi connectivity index (χ0n) is 16.5. The van der Waals surface area contributed by atoms with Gasteiger partial charge in [0, 0.05) is 17.2 Å². The van der Waals surface area contributed by atoms with Crippen LogP contribution in [0.5, 0.6) is 0 Å². The summed E-state index contributed by atoms with van der Waals surface area (Å²) in [5.41, 5.74) is 3.69. The molecule has 3 heteroatoms. The van der Waals surface area contributed by atoms with Crippen LogP contribution >= 0.6 is 0 Å². The summed E-state index contributed by atoms with van der Waals surface area (Å²) in [6, 6.07) is 19.8. The largest absolute Gasteiger partial charge is 0.303 e. The number of nitrogens with zero attached hydrogens (tertiary/aromatic N) is 3. The number of aromatic nitrogens is 3. The maximum absolute atomic E-state index is 4.77. The molecule has 0 spiro atoms. The van der Waals surface area contributed by atoms with Crippen LogP contribution in [0, 0.1) is 30.6 Å². The Labute approximate surface area is 166 Å². The van der Waals surface area contributed by atoms with Crippen molar-refractivity contribution in [2.75, 3.05) is 0 Å². The van der Waals surface area contributed by atoms with E-state index in [9.17, 15) is 0 Å². The summed E-state index contributed by atoms with van der Waals surface area (Å²) in [6.07, 6.45) is 7.08. The molecule has 4 fully saturated rings. The third kappa shape index (κ3) is 2.48. The smallest absolute Gasteiger partial charge is 0.164 e. The number of hydrogen-bond acceptors (Lipinski definition) is 2. The van der Waals surface area contributed by atoms with Crippen LogP contribution in [0.15, 0.2) is 54.6 Å². The van der Waals surface area contributed by atoms with E-state index in [1.54, 1.807) is 0 Å². The number of benzene rings is 2. The zero-order chi connectivity index (χ0) is 18.7. The van der Waals surface area contributed by atoms with Gasteiger partial charge in [0.15, 0.2) is 11.6 Å². The van der Waals surface area contributed by atoms with Crippen LogP contribution in [0.2, 0.25) is 0 Å². The summed E-state index contributed by atoms with van der Waals surface area (Å²) in [5, 5.41) is 9.52. The second kappa shape index (κ2) is 6.30. The van der Waals surface area contributed by atoms with Gasteiger partial charge in [0.25, 0.3) is 0 Å². The van der Waals surface area contributed by atoms with Crippen molar-refractivity contribution in [3.63, 3.8) is 0 Å². The van der Waals surface area contributed by atoms with Crippen molar-refractivity contribution in [1.29, 1.82) is 0 Å². The molecule has 0 aliphatic heterocycles. The zero-order valence-corrected chi connectivity index (χ0v) is 16.5. The first kappa shape index (κ1) is 16.5. The van der Waals surface area contributed by atoms with E-state index in [1.165, 1.54) is 48.8 Å². The van der Waals surface area contributed by atoms with Crippen LogP contribution in [0.1, 0.15) is 43.7 Å². The van der Waals surface area contributed by atoms with Crippen molar-refractivity contribution < 1.29 is 0 Å². The van der Waals surface area contributed by atoms with Crippen molar-refractivity contribution >= 4 is 0 Å². The fourth-order valence-corrected chi connectivity index (χ4v) is 6.68. The highest BCUT2D eigenvalue weighted by atomic mass is 15.3. The lowest BCUT2D eigenvalue weighted by molar-refractivity contribution is -0.0280. The Kier molecular flexibility index (Phi) is 3.72. The predicted molar refractivity (Wildman–Crippen MR) is 112 cm³/mol. The maximum Gasteiger partial charge on any atom is 0.164 e. The molecular weight excluding hydrogens is 342 g/mol. The molecular formula is C25H27N3. The van der Waals surface area contributed by atoms with Gasteiger partial charge in [0.2, 0.25) is 0 Å². The molecule has 4 saturated carbocycles. The van der Waals surface area contributed by atoms with Gasteiger partial charge in [-0.2, -0.15) is 0 Å². The standard InChI is InChI=1S/C25H27N3/c1-16-7-5-6-10-22(16)25-27-26-24(19-8-3-2-4-9-19)28(25)23-20-12-17-11-18(14-20)15-21(23)13-17/h2-10,17-18,20-21,23H,11-15H2,1H3. The minimum absolute atomic E-state index is 0.549. The van der Waals surface area contributed by atoms with E-state index in [4.69, 9.17) is 10.2 Å². The summed E-state index contributed by atoms with van der Waals surface area (Å²) in [7, 11) is 0. The fourth-order valence-electron chi connectivity index (χ4n) is 6.68. The summed E-state index contributed by atoms with van der Waals surface area (Å²) < 4.78 is 2.55. The van der Waals surface area contributed by atoms with Crippen molar-refractivity contribution in [3.8, 4) is 22.8 Å². The molecule has 0 N–H and O–H groups in total. The Morgan fingerprint density at radius 3 is 2.00 bits per heavy atom. The molecule has 142 valence electrons. The van der Waals surface area contributed by atoms with Crippen LogP contribution < -0.4 is 0 Å². The van der Waals surface area contributed by atoms with Gasteiger partial charge in [-0.1, -0.05) is 54.6 Å². The molecule has 7 rings (SSSR count). The molecule has 0 atom stereocenters. The van der Waals surface area contributed by atoms with Crippen LogP contribution in [0.25, 0.3) is 22.8 Å². The second-order valence-corrected chi connectivity index (χ2v) is 9.32. The maximum atomic E-state index is 4.77. The van der Waals surface area contributed by atoms with Gasteiger partial charge in [-0.05, 0) is 68.3 Å². The Morgan fingerprint density at radius 1 is 0.714 bits per heavy atom. The Balaban J connectivity index is 1.55. The molecule has 0 amide bonds. The first-order valence-electron chi connectivity index (χ1n) is 10.8. The number of rotatable bonds is 3. The van der Waals surface area contributed by atoms with Gasteiger partial charge in [-0.15, -0.1) is 10.2 Å². The van der Waals surface area contributed by atoms with Crippen LogP contribution in [0.3, 0.4) is 0 Å². The van der Waals surface area contributed by atoms with E-state index in [-0.39, 0.29) is 0 Å². The van der Waals surface area contributed by atoms with Crippen LogP contribution in [-0.2, 0) is 0 Å². The molecule has 3 aromatic rings. The molecule has 0 unspecified atom stereocenters. The van der Waals surface area contributed by atoms with Gasteiger partial charge >= 0.3 is 0 Å². The average Bonchev–Trinajstić information content (AvgIpc) is 3.13. The van der Waals surface area contributed by atoms with E-state index in [0.29, 0.717) is 6.04 Å². The molecule has 4 aliphatic rings. The Hall–Kier alpha value is -2.42. The molecule has 2 aromatic carbocycles. The van der Waals surface area contributed by atoms with E-state index in [0.717, 1.165) is 35.3 Å². The first-order chi connectivity index (χ1) is 13.8. The van der Waals surface area contributed by atoms with E-state index in [2.05, 4.69) is 66.1 Å². The SMILES string of the molecule is Cc1ccccc1-c1nnc(-c2ccccc2)n1C1C2CC3CC(C2)CC1C3. The van der Waals surface area contributed by atoms with E-state index in [1.807, 2.05) is 0 Å². The summed E-state index contributed by atoms with van der Waals surface area (Å²) in [4.78, 5) is 0. The lowest BCUT2D eigenvalue weighted by Crippen LogP contribution is -2.46. The molecule has 4 bridgehead atoms. The lowest BCUT2D eigenvalue weighted by Gasteiger charge is -2.55. The number of aryl methyl sites for hydroxylation is 1. The van der Waals surface area contributed by atoms with Crippen molar-refractivity contribution in [1.82, 2.24) is 14.8 Å². The van der Waals surface area contributed by atoms with Crippen molar-refractivity contribution in [3.05, 3.63) is 60.2 Å². The third-order valence-corrected chi connectivity index (χ3v) is 7.59. The lowest BCUT2D eigenvalue weighted by atomic mass is 9.54. The minimum atomic E-state index is 0.549. The summed E-state index contributed by atoms with van der Waals surface area (Å²) in [6.45, 7) is 2.19. The molecule has 1 heterocycles. The molecule has 0 saturated heterocycles. The first-order valence-corrected chi connectivity index (χ1v) is 10.8. The number of hydrogen-bond donors (Lipinski definition) is 0. The van der Waals surface area contributed by atoms with Gasteiger partial charge in [0.1, 0.15) is 0 Å². The molecule has 1 aromatic heterocycles. The van der Waals surface area contributed by atoms with Gasteiger partial charge in [-0.25, -0.2) is 0 Å².